The number of urea groups is 1. The van der Waals surface area contributed by atoms with Crippen LogP contribution in [0.5, 0.6) is 0 Å². The second-order valence-electron chi connectivity index (χ2n) is 5.42. The first-order valence-electron chi connectivity index (χ1n) is 7.04. The Hall–Kier alpha value is -1.07. The molecule has 1 saturated carbocycles. The minimum Gasteiger partial charge on any atom is -0.396 e. The maximum absolute atomic E-state index is 12.1. The minimum atomic E-state index is -0.208. The molecule has 1 aliphatic carbocycles. The third-order valence-corrected chi connectivity index (χ3v) is 4.49. The number of nitrogens with one attached hydrogen (secondary N) is 2. The molecule has 0 spiro atoms. The van der Waals surface area contributed by atoms with E-state index in [1.54, 1.807) is 0 Å². The Bertz CT molecular complexity index is 479. The molecule has 1 aromatic rings. The van der Waals surface area contributed by atoms with Crippen LogP contribution in [-0.2, 0) is 0 Å². The molecule has 2 atom stereocenters. The summed E-state index contributed by atoms with van der Waals surface area (Å²) in [5.74, 6) is 0.177. The van der Waals surface area contributed by atoms with Crippen LogP contribution in [0.4, 0.5) is 10.5 Å². The summed E-state index contributed by atoms with van der Waals surface area (Å²) in [6, 6.07) is 5.66. The Balaban J connectivity index is 1.94. The summed E-state index contributed by atoms with van der Waals surface area (Å²) in [7, 11) is 0. The summed E-state index contributed by atoms with van der Waals surface area (Å²) in [5.41, 5.74) is 1.89. The summed E-state index contributed by atoms with van der Waals surface area (Å²) in [4.78, 5) is 12.1. The van der Waals surface area contributed by atoms with Gasteiger partial charge in [-0.1, -0.05) is 18.9 Å². The van der Waals surface area contributed by atoms with Gasteiger partial charge in [0.05, 0.1) is 5.69 Å². The topological polar surface area (TPSA) is 61.4 Å². The lowest BCUT2D eigenvalue weighted by Crippen LogP contribution is -2.45. The van der Waals surface area contributed by atoms with Crippen LogP contribution >= 0.6 is 15.9 Å². The van der Waals surface area contributed by atoms with E-state index in [-0.39, 0.29) is 24.6 Å². The summed E-state index contributed by atoms with van der Waals surface area (Å²) in [6.07, 6.45) is 4.16. The van der Waals surface area contributed by atoms with E-state index in [1.165, 1.54) is 0 Å². The number of benzene rings is 1. The van der Waals surface area contributed by atoms with Crippen molar-refractivity contribution in [2.75, 3.05) is 11.9 Å². The van der Waals surface area contributed by atoms with Crippen LogP contribution in [-0.4, -0.2) is 23.8 Å². The van der Waals surface area contributed by atoms with Crippen molar-refractivity contribution >= 4 is 27.6 Å². The molecule has 2 rings (SSSR count). The Kier molecular flexibility index (Phi) is 5.43. The normalized spacial score (nSPS) is 22.4. The number of hydrogen-bond acceptors (Lipinski definition) is 2. The average molecular weight is 341 g/mol. The van der Waals surface area contributed by atoms with Crippen molar-refractivity contribution in [1.82, 2.24) is 5.32 Å². The second-order valence-corrected chi connectivity index (χ2v) is 6.27. The summed E-state index contributed by atoms with van der Waals surface area (Å²) >= 11 is 3.44. The van der Waals surface area contributed by atoms with Crippen LogP contribution < -0.4 is 10.6 Å². The number of halogens is 1. The average Bonchev–Trinajstić information content (AvgIpc) is 2.42. The van der Waals surface area contributed by atoms with Crippen molar-refractivity contribution in [2.45, 2.75) is 38.6 Å². The third-order valence-electron chi connectivity index (χ3n) is 3.83. The molecular weight excluding hydrogens is 320 g/mol. The Morgan fingerprint density at radius 3 is 2.85 bits per heavy atom. The van der Waals surface area contributed by atoms with Gasteiger partial charge < -0.3 is 15.7 Å². The highest BCUT2D eigenvalue weighted by atomic mass is 79.9. The quantitative estimate of drug-likeness (QED) is 0.789. The lowest BCUT2D eigenvalue weighted by Gasteiger charge is -2.30. The molecule has 3 N–H and O–H groups in total. The van der Waals surface area contributed by atoms with E-state index in [0.29, 0.717) is 0 Å². The lowest BCUT2D eigenvalue weighted by atomic mass is 9.85. The smallest absolute Gasteiger partial charge is 0.319 e. The minimum absolute atomic E-state index is 0.0676. The number of aliphatic hydroxyl groups excluding tert-OH is 1. The zero-order chi connectivity index (χ0) is 14.5. The van der Waals surface area contributed by atoms with Gasteiger partial charge in [-0.2, -0.15) is 0 Å². The number of amides is 2. The van der Waals surface area contributed by atoms with E-state index in [0.717, 1.165) is 41.4 Å². The monoisotopic (exact) mass is 340 g/mol. The number of aryl methyl sites for hydroxylation is 1. The summed E-state index contributed by atoms with van der Waals surface area (Å²) in [6.45, 7) is 2.14. The highest BCUT2D eigenvalue weighted by Crippen LogP contribution is 2.25. The van der Waals surface area contributed by atoms with Gasteiger partial charge in [-0.25, -0.2) is 4.79 Å². The molecular formula is C15H21BrN2O2. The van der Waals surface area contributed by atoms with E-state index in [9.17, 15) is 9.90 Å². The Labute approximate surface area is 128 Å². The van der Waals surface area contributed by atoms with Crippen LogP contribution in [0.25, 0.3) is 0 Å². The molecule has 2 unspecified atom stereocenters. The van der Waals surface area contributed by atoms with E-state index >= 15 is 0 Å². The van der Waals surface area contributed by atoms with E-state index in [4.69, 9.17) is 0 Å². The molecule has 0 radical (unpaired) electrons. The highest BCUT2D eigenvalue weighted by Gasteiger charge is 2.25. The van der Waals surface area contributed by atoms with Crippen molar-refractivity contribution < 1.29 is 9.90 Å². The molecule has 4 nitrogen and oxygen atoms in total. The zero-order valence-corrected chi connectivity index (χ0v) is 13.2. The van der Waals surface area contributed by atoms with Gasteiger partial charge in [0.2, 0.25) is 0 Å². The van der Waals surface area contributed by atoms with Crippen LogP contribution in [0, 0.1) is 12.8 Å². The number of anilines is 1. The van der Waals surface area contributed by atoms with Crippen LogP contribution in [0.3, 0.4) is 0 Å². The molecule has 20 heavy (non-hydrogen) atoms. The standard InChI is InChI=1S/C15H21BrN2O2/c1-10-6-7-14(12(16)8-10)18-15(20)17-13-5-3-2-4-11(13)9-19/h6-8,11,13,19H,2-5,9H2,1H3,(H2,17,18,20). The third kappa shape index (κ3) is 3.96. The largest absolute Gasteiger partial charge is 0.396 e. The van der Waals surface area contributed by atoms with Gasteiger partial charge in [-0.05, 0) is 53.4 Å². The van der Waals surface area contributed by atoms with Crippen LogP contribution in [0.2, 0.25) is 0 Å². The molecule has 0 saturated heterocycles. The number of hydrogen-bond donors (Lipinski definition) is 3. The molecule has 0 aromatic heterocycles. The SMILES string of the molecule is Cc1ccc(NC(=O)NC2CCCCC2CO)c(Br)c1. The number of rotatable bonds is 3. The fraction of sp³-hybridized carbons (Fsp3) is 0.533. The maximum Gasteiger partial charge on any atom is 0.319 e. The predicted octanol–water partition coefficient (Wildman–Crippen LogP) is 3.43. The van der Waals surface area contributed by atoms with Crippen molar-refractivity contribution in [1.29, 1.82) is 0 Å². The van der Waals surface area contributed by atoms with Gasteiger partial charge in [-0.3, -0.25) is 0 Å². The molecule has 1 fully saturated rings. The summed E-state index contributed by atoms with van der Waals surface area (Å²) < 4.78 is 0.870. The van der Waals surface area contributed by atoms with Crippen molar-refractivity contribution in [3.63, 3.8) is 0 Å². The second kappa shape index (κ2) is 7.09. The van der Waals surface area contributed by atoms with Crippen molar-refractivity contribution in [3.8, 4) is 0 Å². The van der Waals surface area contributed by atoms with E-state index in [2.05, 4.69) is 26.6 Å². The maximum atomic E-state index is 12.1. The highest BCUT2D eigenvalue weighted by molar-refractivity contribution is 9.10. The van der Waals surface area contributed by atoms with Gasteiger partial charge >= 0.3 is 6.03 Å². The molecule has 2 amide bonds. The van der Waals surface area contributed by atoms with Gasteiger partial charge in [0.1, 0.15) is 0 Å². The first-order chi connectivity index (χ1) is 9.60. The molecule has 0 heterocycles. The zero-order valence-electron chi connectivity index (χ0n) is 11.7. The molecule has 1 aliphatic rings. The predicted molar refractivity (Wildman–Crippen MR) is 83.9 cm³/mol. The Morgan fingerprint density at radius 1 is 1.40 bits per heavy atom. The molecule has 0 aliphatic heterocycles. The van der Waals surface area contributed by atoms with E-state index in [1.807, 2.05) is 25.1 Å². The molecule has 110 valence electrons. The fourth-order valence-corrected chi connectivity index (χ4v) is 3.26. The van der Waals surface area contributed by atoms with Crippen molar-refractivity contribution in [2.24, 2.45) is 5.92 Å². The Morgan fingerprint density at radius 2 is 2.15 bits per heavy atom. The molecule has 1 aromatic carbocycles. The number of carbonyl (C=O) groups excluding carboxylic acids is 1. The first-order valence-corrected chi connectivity index (χ1v) is 7.84. The molecule has 0 bridgehead atoms. The van der Waals surface area contributed by atoms with Gasteiger partial charge in [-0.15, -0.1) is 0 Å². The fourth-order valence-electron chi connectivity index (χ4n) is 2.66. The van der Waals surface area contributed by atoms with Crippen LogP contribution in [0.15, 0.2) is 22.7 Å². The summed E-state index contributed by atoms with van der Waals surface area (Å²) in [5, 5.41) is 15.2. The first kappa shape index (κ1) is 15.3. The van der Waals surface area contributed by atoms with E-state index < -0.39 is 0 Å². The van der Waals surface area contributed by atoms with Crippen molar-refractivity contribution in [3.05, 3.63) is 28.2 Å². The van der Waals surface area contributed by atoms with Crippen LogP contribution in [0.1, 0.15) is 31.2 Å². The lowest BCUT2D eigenvalue weighted by molar-refractivity contribution is 0.156. The van der Waals surface area contributed by atoms with Gasteiger partial charge in [0.25, 0.3) is 0 Å². The number of aliphatic hydroxyl groups is 1. The van der Waals surface area contributed by atoms with Gasteiger partial charge in [0.15, 0.2) is 0 Å². The molecule has 5 heteroatoms. The van der Waals surface area contributed by atoms with Gasteiger partial charge in [0, 0.05) is 23.0 Å². The number of carbonyl (C=O) groups is 1.